The number of nitrogens with zero attached hydrogens (tertiary/aromatic N) is 2. The van der Waals surface area contributed by atoms with Crippen LogP contribution in [0.25, 0.3) is 0 Å². The lowest BCUT2D eigenvalue weighted by Crippen LogP contribution is -2.12. The summed E-state index contributed by atoms with van der Waals surface area (Å²) in [5.74, 6) is -1.57. The van der Waals surface area contributed by atoms with Crippen LogP contribution in [0.5, 0.6) is 0 Å². The van der Waals surface area contributed by atoms with E-state index in [1.165, 1.54) is 27.4 Å². The van der Waals surface area contributed by atoms with Crippen LogP contribution in [0, 0.1) is 0 Å². The van der Waals surface area contributed by atoms with Crippen LogP contribution < -0.4 is 10.6 Å². The number of nitrogens with one attached hydrogen (secondary N) is 2. The molecule has 0 spiro atoms. The first-order chi connectivity index (χ1) is 15.5. The Labute approximate surface area is 183 Å². The highest BCUT2D eigenvalue weighted by Crippen LogP contribution is 2.24. The molecule has 164 valence electrons. The van der Waals surface area contributed by atoms with Crippen LogP contribution in [0.1, 0.15) is 31.2 Å². The van der Waals surface area contributed by atoms with E-state index in [0.29, 0.717) is 11.4 Å². The Morgan fingerprint density at radius 3 is 1.72 bits per heavy atom. The number of carbonyl (C=O) groups is 3. The maximum atomic E-state index is 12.1. The van der Waals surface area contributed by atoms with Gasteiger partial charge in [-0.15, -0.1) is 0 Å². The Balaban J connectivity index is 2.02. The summed E-state index contributed by atoms with van der Waals surface area (Å²) < 4.78 is 14.4. The van der Waals surface area contributed by atoms with Crippen molar-refractivity contribution in [3.63, 3.8) is 0 Å². The molecule has 0 saturated carbocycles. The minimum Gasteiger partial charge on any atom is -0.465 e. The quantitative estimate of drug-likeness (QED) is 0.420. The van der Waals surface area contributed by atoms with E-state index in [9.17, 15) is 14.4 Å². The number of benzene rings is 2. The Morgan fingerprint density at radius 2 is 1.19 bits per heavy atom. The fourth-order valence-electron chi connectivity index (χ4n) is 2.79. The van der Waals surface area contributed by atoms with Gasteiger partial charge in [-0.25, -0.2) is 19.4 Å². The summed E-state index contributed by atoms with van der Waals surface area (Å²) in [5, 5.41) is 5.91. The van der Waals surface area contributed by atoms with Gasteiger partial charge in [0.15, 0.2) is 5.69 Å². The van der Waals surface area contributed by atoms with Crippen molar-refractivity contribution in [1.29, 1.82) is 0 Å². The lowest BCUT2D eigenvalue weighted by atomic mass is 10.2. The molecule has 32 heavy (non-hydrogen) atoms. The predicted molar refractivity (Wildman–Crippen MR) is 115 cm³/mol. The Kier molecular flexibility index (Phi) is 6.96. The molecule has 0 amide bonds. The highest BCUT2D eigenvalue weighted by atomic mass is 16.5. The van der Waals surface area contributed by atoms with Gasteiger partial charge in [0.1, 0.15) is 5.82 Å². The molecule has 1 heterocycles. The zero-order valence-electron chi connectivity index (χ0n) is 17.5. The molecule has 10 nitrogen and oxygen atoms in total. The maximum Gasteiger partial charge on any atom is 0.356 e. The highest BCUT2D eigenvalue weighted by molar-refractivity contribution is 5.97. The zero-order chi connectivity index (χ0) is 23.1. The van der Waals surface area contributed by atoms with Crippen LogP contribution in [-0.4, -0.2) is 49.2 Å². The molecule has 3 rings (SSSR count). The SMILES string of the molecule is COC(=O)c1cc(Nc2ccccc2C(=O)OC)nc(Nc2ccccc2C(=O)OC)n1. The van der Waals surface area contributed by atoms with Crippen molar-refractivity contribution in [3.05, 3.63) is 71.4 Å². The van der Waals surface area contributed by atoms with Crippen molar-refractivity contribution < 1.29 is 28.6 Å². The molecule has 10 heteroatoms. The molecule has 0 fully saturated rings. The second kappa shape index (κ2) is 10.0. The third-order valence-corrected chi connectivity index (χ3v) is 4.29. The topological polar surface area (TPSA) is 129 Å². The number of para-hydroxylation sites is 2. The number of rotatable bonds is 7. The van der Waals surface area contributed by atoms with Crippen LogP contribution in [-0.2, 0) is 14.2 Å². The van der Waals surface area contributed by atoms with Crippen molar-refractivity contribution >= 4 is 41.0 Å². The molecule has 2 N–H and O–H groups in total. The van der Waals surface area contributed by atoms with Gasteiger partial charge >= 0.3 is 17.9 Å². The van der Waals surface area contributed by atoms with Gasteiger partial charge in [-0.2, -0.15) is 4.98 Å². The molecule has 0 atom stereocenters. The molecule has 1 aromatic heterocycles. The van der Waals surface area contributed by atoms with Gasteiger partial charge in [0.25, 0.3) is 0 Å². The number of anilines is 4. The molecular formula is C22H20N4O6. The summed E-state index contributed by atoms with van der Waals surface area (Å²) in [5.41, 5.74) is 1.28. The summed E-state index contributed by atoms with van der Waals surface area (Å²) in [4.78, 5) is 44.8. The van der Waals surface area contributed by atoms with E-state index in [4.69, 9.17) is 14.2 Å². The smallest absolute Gasteiger partial charge is 0.356 e. The molecule has 0 unspecified atom stereocenters. The molecule has 0 aliphatic carbocycles. The summed E-state index contributed by atoms with van der Waals surface area (Å²) in [6.45, 7) is 0. The fraction of sp³-hybridized carbons (Fsp3) is 0.136. The first kappa shape index (κ1) is 22.2. The van der Waals surface area contributed by atoms with Crippen molar-refractivity contribution in [3.8, 4) is 0 Å². The largest absolute Gasteiger partial charge is 0.465 e. The van der Waals surface area contributed by atoms with E-state index in [-0.39, 0.29) is 28.6 Å². The molecule has 0 aliphatic heterocycles. The van der Waals surface area contributed by atoms with Crippen molar-refractivity contribution in [2.75, 3.05) is 32.0 Å². The van der Waals surface area contributed by atoms with E-state index >= 15 is 0 Å². The minimum absolute atomic E-state index is 0.0160. The second-order valence-corrected chi connectivity index (χ2v) is 6.28. The number of ether oxygens (including phenoxy) is 3. The average molecular weight is 436 g/mol. The maximum absolute atomic E-state index is 12.1. The highest BCUT2D eigenvalue weighted by Gasteiger charge is 2.17. The third kappa shape index (κ3) is 4.98. The number of hydrogen-bond donors (Lipinski definition) is 2. The Bertz CT molecular complexity index is 1080. The number of esters is 3. The monoisotopic (exact) mass is 436 g/mol. The van der Waals surface area contributed by atoms with Gasteiger partial charge in [0.05, 0.1) is 43.8 Å². The third-order valence-electron chi connectivity index (χ3n) is 4.29. The molecule has 0 radical (unpaired) electrons. The van der Waals surface area contributed by atoms with Crippen molar-refractivity contribution in [1.82, 2.24) is 9.97 Å². The van der Waals surface area contributed by atoms with Crippen LogP contribution in [0.15, 0.2) is 54.6 Å². The van der Waals surface area contributed by atoms with Gasteiger partial charge < -0.3 is 24.8 Å². The molecule has 3 aromatic rings. The van der Waals surface area contributed by atoms with Crippen LogP contribution in [0.2, 0.25) is 0 Å². The van der Waals surface area contributed by atoms with Gasteiger partial charge in [0, 0.05) is 6.07 Å². The summed E-state index contributed by atoms with van der Waals surface area (Å²) >= 11 is 0. The second-order valence-electron chi connectivity index (χ2n) is 6.28. The van der Waals surface area contributed by atoms with E-state index in [0.717, 1.165) is 0 Å². The van der Waals surface area contributed by atoms with Crippen LogP contribution >= 0.6 is 0 Å². The number of methoxy groups -OCH3 is 3. The number of aromatic nitrogens is 2. The van der Waals surface area contributed by atoms with Crippen LogP contribution in [0.4, 0.5) is 23.1 Å². The van der Waals surface area contributed by atoms with Crippen molar-refractivity contribution in [2.45, 2.75) is 0 Å². The molecule has 2 aromatic carbocycles. The van der Waals surface area contributed by atoms with Crippen LogP contribution in [0.3, 0.4) is 0 Å². The van der Waals surface area contributed by atoms with Gasteiger partial charge in [0.2, 0.25) is 5.95 Å². The van der Waals surface area contributed by atoms with E-state index in [2.05, 4.69) is 20.6 Å². The number of hydrogen-bond acceptors (Lipinski definition) is 10. The van der Waals surface area contributed by atoms with E-state index in [1.54, 1.807) is 48.5 Å². The Hall–Kier alpha value is -4.47. The van der Waals surface area contributed by atoms with Gasteiger partial charge in [-0.3, -0.25) is 0 Å². The first-order valence-corrected chi connectivity index (χ1v) is 9.33. The molecule has 0 bridgehead atoms. The summed E-state index contributed by atoms with van der Waals surface area (Å²) in [7, 11) is 3.78. The summed E-state index contributed by atoms with van der Waals surface area (Å²) in [6, 6.07) is 14.6. The molecule has 0 aliphatic rings. The average Bonchev–Trinajstić information content (AvgIpc) is 2.83. The predicted octanol–water partition coefficient (Wildman–Crippen LogP) is 3.32. The van der Waals surface area contributed by atoms with E-state index in [1.807, 2.05) is 0 Å². The lowest BCUT2D eigenvalue weighted by molar-refractivity contribution is 0.0587. The standard InChI is InChI=1S/C22H20N4O6/c1-30-19(27)13-8-4-6-10-15(13)23-18-12-17(21(29)32-3)25-22(26-18)24-16-11-7-5-9-14(16)20(28)31-2/h4-12H,1-3H3,(H2,23,24,25,26). The van der Waals surface area contributed by atoms with Gasteiger partial charge in [-0.1, -0.05) is 24.3 Å². The zero-order valence-corrected chi connectivity index (χ0v) is 17.5. The van der Waals surface area contributed by atoms with Gasteiger partial charge in [-0.05, 0) is 24.3 Å². The molecular weight excluding hydrogens is 416 g/mol. The minimum atomic E-state index is -0.694. The normalized spacial score (nSPS) is 10.1. The summed E-state index contributed by atoms with van der Waals surface area (Å²) in [6.07, 6.45) is 0. The first-order valence-electron chi connectivity index (χ1n) is 9.33. The molecule has 0 saturated heterocycles. The van der Waals surface area contributed by atoms with Crippen molar-refractivity contribution in [2.24, 2.45) is 0 Å². The lowest BCUT2D eigenvalue weighted by Gasteiger charge is -2.13. The Morgan fingerprint density at radius 1 is 0.688 bits per heavy atom. The fourth-order valence-corrected chi connectivity index (χ4v) is 2.79. The number of carbonyl (C=O) groups excluding carboxylic acids is 3. The van der Waals surface area contributed by atoms with E-state index < -0.39 is 17.9 Å².